The topological polar surface area (TPSA) is 0 Å². The van der Waals surface area contributed by atoms with E-state index < -0.39 is 0 Å². The quantitative estimate of drug-likeness (QED) is 0.615. The lowest BCUT2D eigenvalue weighted by atomic mass is 9.72. The highest BCUT2D eigenvalue weighted by Crippen LogP contribution is 2.20. The maximum absolute atomic E-state index is 2.24. The summed E-state index contributed by atoms with van der Waals surface area (Å²) in [7, 11) is 1.30. The number of aryl methyl sites for hydroxylation is 3. The molecule has 0 fully saturated rings. The van der Waals surface area contributed by atoms with E-state index in [-0.39, 0.29) is 0 Å². The van der Waals surface area contributed by atoms with Gasteiger partial charge in [-0.15, -0.1) is 0 Å². The molecule has 4 rings (SSSR count). The summed E-state index contributed by atoms with van der Waals surface area (Å²) in [6.45, 7) is 0. The second-order valence-electron chi connectivity index (χ2n) is 5.24. The first-order valence-electron chi connectivity index (χ1n) is 7.07. The summed E-state index contributed by atoms with van der Waals surface area (Å²) in [6.07, 6.45) is 6.63. The summed E-state index contributed by atoms with van der Waals surface area (Å²) in [6, 6.07) is 17.5. The average molecular weight is 234 g/mol. The highest BCUT2D eigenvalue weighted by Gasteiger charge is 2.09. The number of hydrogen-bond acceptors (Lipinski definition) is 0. The molecule has 2 aliphatic rings. The van der Waals surface area contributed by atoms with E-state index in [9.17, 15) is 0 Å². The molecule has 90 valence electrons. The fourth-order valence-corrected chi connectivity index (χ4v) is 3.03. The van der Waals surface area contributed by atoms with Crippen molar-refractivity contribution in [2.45, 2.75) is 32.0 Å². The first kappa shape index (κ1) is 11.6. The monoisotopic (exact) mass is 234 g/mol. The number of fused-ring (bicyclic) bond motifs is 2. The van der Waals surface area contributed by atoms with E-state index in [1.54, 1.807) is 22.2 Å². The molecule has 2 aromatic rings. The molecule has 1 heterocycles. The largest absolute Gasteiger partial charge is 0.158 e. The van der Waals surface area contributed by atoms with E-state index in [0.29, 0.717) is 0 Å². The number of rotatable bonds is 0. The highest BCUT2D eigenvalue weighted by atomic mass is 14.1. The predicted octanol–water partition coefficient (Wildman–Crippen LogP) is 2.90. The average Bonchev–Trinajstić information content (AvgIpc) is 3.08. The van der Waals surface area contributed by atoms with Crippen molar-refractivity contribution in [3.05, 3.63) is 65.2 Å². The molecule has 1 aliphatic heterocycles. The summed E-state index contributed by atoms with van der Waals surface area (Å²) < 4.78 is 0. The highest BCUT2D eigenvalue weighted by molar-refractivity contribution is 6.55. The minimum Gasteiger partial charge on any atom is -0.0814 e. The minimum absolute atomic E-state index is 1.30. The molecule has 0 N–H and O–H groups in total. The van der Waals surface area contributed by atoms with E-state index in [1.807, 2.05) is 0 Å². The Morgan fingerprint density at radius 1 is 0.667 bits per heavy atom. The molecule has 0 nitrogen and oxygen atoms in total. The number of benzene rings is 2. The van der Waals surface area contributed by atoms with Crippen molar-refractivity contribution in [3.63, 3.8) is 0 Å². The Morgan fingerprint density at radius 2 is 1.28 bits per heavy atom. The summed E-state index contributed by atoms with van der Waals surface area (Å²) in [5.41, 5.74) is 6.27. The van der Waals surface area contributed by atoms with Crippen LogP contribution in [0.5, 0.6) is 0 Å². The summed E-state index contributed by atoms with van der Waals surface area (Å²) in [4.78, 5) is 0. The molecule has 0 bridgehead atoms. The van der Waals surface area contributed by atoms with Crippen molar-refractivity contribution >= 4 is 12.7 Å². The maximum Gasteiger partial charge on any atom is 0.158 e. The summed E-state index contributed by atoms with van der Waals surface area (Å²) in [5, 5.41) is 0. The van der Waals surface area contributed by atoms with Crippen LogP contribution in [0.2, 0.25) is 6.32 Å². The van der Waals surface area contributed by atoms with Crippen LogP contribution >= 0.6 is 0 Å². The van der Waals surface area contributed by atoms with Crippen LogP contribution in [-0.2, 0) is 19.3 Å². The first-order chi connectivity index (χ1) is 8.93. The normalized spacial score (nSPS) is 15.1. The van der Waals surface area contributed by atoms with Gasteiger partial charge in [0.1, 0.15) is 0 Å². The minimum atomic E-state index is 1.30. The molecule has 18 heavy (non-hydrogen) atoms. The van der Waals surface area contributed by atoms with Gasteiger partial charge in [0.15, 0.2) is 7.28 Å². The van der Waals surface area contributed by atoms with Gasteiger partial charge < -0.3 is 0 Å². The van der Waals surface area contributed by atoms with Gasteiger partial charge in [-0.3, -0.25) is 0 Å². The third-order valence-corrected chi connectivity index (χ3v) is 4.02. The molecule has 0 atom stereocenters. The zero-order valence-corrected chi connectivity index (χ0v) is 10.9. The van der Waals surface area contributed by atoms with Gasteiger partial charge in [-0.05, 0) is 36.8 Å². The fourth-order valence-electron chi connectivity index (χ4n) is 3.03. The van der Waals surface area contributed by atoms with Crippen molar-refractivity contribution in [3.8, 4) is 0 Å². The van der Waals surface area contributed by atoms with Crippen molar-refractivity contribution in [1.82, 2.24) is 0 Å². The van der Waals surface area contributed by atoms with Crippen molar-refractivity contribution in [1.29, 1.82) is 0 Å². The molecule has 1 aliphatic carbocycles. The van der Waals surface area contributed by atoms with E-state index in [2.05, 4.69) is 48.5 Å². The Bertz CT molecular complexity index is 435. The Kier molecular flexibility index (Phi) is 3.50. The Labute approximate surface area is 110 Å². The van der Waals surface area contributed by atoms with Gasteiger partial charge in [0.05, 0.1) is 0 Å². The molecular formula is C17H19B. The van der Waals surface area contributed by atoms with Gasteiger partial charge in [-0.25, -0.2) is 0 Å². The van der Waals surface area contributed by atoms with Crippen LogP contribution in [0.3, 0.4) is 0 Å². The lowest BCUT2D eigenvalue weighted by Crippen LogP contribution is -2.08. The molecule has 0 spiro atoms. The Morgan fingerprint density at radius 3 is 1.94 bits per heavy atom. The lowest BCUT2D eigenvalue weighted by Gasteiger charge is -1.93. The molecule has 0 unspecified atom stereocenters. The van der Waals surface area contributed by atoms with Crippen LogP contribution in [0.1, 0.15) is 23.1 Å². The molecule has 0 saturated carbocycles. The second kappa shape index (κ2) is 5.43. The van der Waals surface area contributed by atoms with Crippen molar-refractivity contribution in [2.75, 3.05) is 0 Å². The molecule has 2 aromatic carbocycles. The first-order valence-corrected chi connectivity index (χ1v) is 7.07. The zero-order valence-electron chi connectivity index (χ0n) is 10.9. The van der Waals surface area contributed by atoms with Gasteiger partial charge in [0, 0.05) is 0 Å². The van der Waals surface area contributed by atoms with Gasteiger partial charge in [0.2, 0.25) is 0 Å². The van der Waals surface area contributed by atoms with E-state index >= 15 is 0 Å². The molecule has 1 heteroatoms. The maximum atomic E-state index is 2.24. The molecular weight excluding hydrogens is 215 g/mol. The standard InChI is InChI=1S/C9H10.C8H9B/c1-2-5-9-7-3-6-8(9)4-1;1-2-4-8-7(3-1)5-6-9-8/h1-2,4-5H,3,6-7H2;1-4,9H,5-6H2. The van der Waals surface area contributed by atoms with Gasteiger partial charge >= 0.3 is 0 Å². The van der Waals surface area contributed by atoms with Gasteiger partial charge in [-0.1, -0.05) is 65.9 Å². The lowest BCUT2D eigenvalue weighted by molar-refractivity contribution is 0.912. The van der Waals surface area contributed by atoms with Crippen LogP contribution in [0, 0.1) is 0 Å². The second-order valence-corrected chi connectivity index (χ2v) is 5.24. The molecule has 0 amide bonds. The summed E-state index contributed by atoms with van der Waals surface area (Å²) >= 11 is 0. The van der Waals surface area contributed by atoms with Gasteiger partial charge in [-0.2, -0.15) is 0 Å². The van der Waals surface area contributed by atoms with Crippen LogP contribution in [-0.4, -0.2) is 7.28 Å². The molecule has 0 aromatic heterocycles. The number of hydrogen-bond donors (Lipinski definition) is 0. The summed E-state index contributed by atoms with van der Waals surface area (Å²) in [5.74, 6) is 0. The molecule has 0 radical (unpaired) electrons. The fraction of sp³-hybridized carbons (Fsp3) is 0.294. The van der Waals surface area contributed by atoms with Crippen LogP contribution < -0.4 is 5.46 Å². The van der Waals surface area contributed by atoms with Crippen LogP contribution in [0.4, 0.5) is 0 Å². The smallest absolute Gasteiger partial charge is 0.0814 e. The van der Waals surface area contributed by atoms with E-state index in [0.717, 1.165) is 0 Å². The van der Waals surface area contributed by atoms with Crippen LogP contribution in [0.15, 0.2) is 48.5 Å². The Balaban J connectivity index is 0.000000111. The zero-order chi connectivity index (χ0) is 12.2. The van der Waals surface area contributed by atoms with E-state index in [4.69, 9.17) is 0 Å². The predicted molar refractivity (Wildman–Crippen MR) is 80.2 cm³/mol. The third-order valence-electron chi connectivity index (χ3n) is 4.02. The van der Waals surface area contributed by atoms with Crippen molar-refractivity contribution in [2.24, 2.45) is 0 Å². The molecule has 0 saturated heterocycles. The van der Waals surface area contributed by atoms with Crippen LogP contribution in [0.25, 0.3) is 0 Å². The van der Waals surface area contributed by atoms with E-state index in [1.165, 1.54) is 39.3 Å². The SMILES string of the molecule is B1CCc2ccccc21.c1ccc2c(c1)CCC2. The van der Waals surface area contributed by atoms with Gasteiger partial charge in [0.25, 0.3) is 0 Å². The third kappa shape index (κ3) is 2.50. The van der Waals surface area contributed by atoms with Crippen molar-refractivity contribution < 1.29 is 0 Å². The Hall–Kier alpha value is -1.50.